The Morgan fingerprint density at radius 3 is 2.44 bits per heavy atom. The van der Waals surface area contributed by atoms with Crippen LogP contribution in [0.25, 0.3) is 0 Å². The van der Waals surface area contributed by atoms with E-state index < -0.39 is 0 Å². The van der Waals surface area contributed by atoms with E-state index in [9.17, 15) is 4.39 Å². The summed E-state index contributed by atoms with van der Waals surface area (Å²) in [7, 11) is 3.63. The molecule has 1 aliphatic rings. The lowest BCUT2D eigenvalue weighted by molar-refractivity contribution is 0.278. The average Bonchev–Trinajstić information content (AvgIpc) is 2.41. The van der Waals surface area contributed by atoms with E-state index in [4.69, 9.17) is 0 Å². The Kier molecular flexibility index (Phi) is 4.99. The highest BCUT2D eigenvalue weighted by Gasteiger charge is 2.19. The van der Waals surface area contributed by atoms with Crippen LogP contribution in [0.4, 0.5) is 4.39 Å². The topological polar surface area (TPSA) is 0 Å². The summed E-state index contributed by atoms with van der Waals surface area (Å²) in [5.41, 5.74) is 1.90. The summed E-state index contributed by atoms with van der Waals surface area (Å²) in [6.07, 6.45) is 7.66. The molecule has 1 saturated carbocycles. The number of hydrogen-bond acceptors (Lipinski definition) is 0. The zero-order chi connectivity index (χ0) is 13.0. The monoisotopic (exact) mass is 261 g/mol. The molecular weight excluding hydrogens is 239 g/mol. The first-order valence-electron chi connectivity index (χ1n) is 7.08. The second-order valence-electron chi connectivity index (χ2n) is 5.71. The van der Waals surface area contributed by atoms with Gasteiger partial charge in [-0.05, 0) is 48.8 Å². The molecule has 3 radical (unpaired) electrons. The first-order chi connectivity index (χ1) is 8.69. The van der Waals surface area contributed by atoms with Crippen molar-refractivity contribution in [3.05, 3.63) is 35.1 Å². The summed E-state index contributed by atoms with van der Waals surface area (Å²) in [4.78, 5) is 0. The van der Waals surface area contributed by atoms with Gasteiger partial charge in [-0.25, -0.2) is 4.39 Å². The Balaban J connectivity index is 1.79. The van der Waals surface area contributed by atoms with Crippen LogP contribution in [-0.4, -0.2) is 10.2 Å². The fraction of sp³-hybridized carbons (Fsp3) is 0.625. The summed E-state index contributed by atoms with van der Waals surface area (Å²) in [6, 6.07) is 6.82. The van der Waals surface area contributed by atoms with Gasteiger partial charge in [-0.3, -0.25) is 0 Å². The molecule has 0 spiro atoms. The van der Waals surface area contributed by atoms with Crippen molar-refractivity contribution in [3.63, 3.8) is 0 Å². The Bertz CT molecular complexity index is 381. The molecule has 0 bridgehead atoms. The zero-order valence-corrected chi connectivity index (χ0v) is 12.2. The van der Waals surface area contributed by atoms with Crippen molar-refractivity contribution in [1.29, 1.82) is 0 Å². The Morgan fingerprint density at radius 1 is 1.17 bits per heavy atom. The maximum Gasteiger partial charge on any atom is 0.126 e. The molecule has 0 amide bonds. The van der Waals surface area contributed by atoms with Crippen LogP contribution >= 0.6 is 0 Å². The number of halogens is 1. The molecule has 0 saturated heterocycles. The van der Waals surface area contributed by atoms with Crippen LogP contribution in [0.3, 0.4) is 0 Å². The van der Waals surface area contributed by atoms with E-state index in [1.54, 1.807) is 6.07 Å². The molecule has 18 heavy (non-hydrogen) atoms. The van der Waals surface area contributed by atoms with Gasteiger partial charge in [-0.1, -0.05) is 43.9 Å². The van der Waals surface area contributed by atoms with Crippen molar-refractivity contribution >= 4 is 10.2 Å². The van der Waals surface area contributed by atoms with E-state index in [2.05, 4.69) is 16.3 Å². The largest absolute Gasteiger partial charge is 0.207 e. The Morgan fingerprint density at radius 2 is 1.83 bits per heavy atom. The third kappa shape index (κ3) is 3.68. The van der Waals surface area contributed by atoms with Crippen LogP contribution in [0.5, 0.6) is 0 Å². The highest BCUT2D eigenvalue weighted by atomic mass is 28.1. The summed E-state index contributed by atoms with van der Waals surface area (Å²) >= 11 is 0. The fourth-order valence-corrected chi connectivity index (χ4v) is 3.30. The number of rotatable bonds is 4. The van der Waals surface area contributed by atoms with E-state index in [0.717, 1.165) is 35.4 Å². The molecule has 1 fully saturated rings. The van der Waals surface area contributed by atoms with Crippen LogP contribution in [-0.2, 0) is 6.42 Å². The molecule has 2 heteroatoms. The maximum atomic E-state index is 13.4. The lowest BCUT2D eigenvalue weighted by Crippen LogP contribution is -2.14. The molecule has 0 aromatic heterocycles. The van der Waals surface area contributed by atoms with Crippen LogP contribution in [0.1, 0.15) is 43.2 Å². The summed E-state index contributed by atoms with van der Waals surface area (Å²) < 4.78 is 13.4. The second kappa shape index (κ2) is 6.51. The third-order valence-electron chi connectivity index (χ3n) is 4.33. The molecule has 0 aliphatic heterocycles. The molecular formula is C16H22FSi. The van der Waals surface area contributed by atoms with E-state index in [1.165, 1.54) is 32.1 Å². The molecule has 0 heterocycles. The Labute approximate surface area is 113 Å². The van der Waals surface area contributed by atoms with Gasteiger partial charge in [-0.2, -0.15) is 0 Å². The fourth-order valence-electron chi connectivity index (χ4n) is 2.89. The molecule has 0 N–H and O–H groups in total. The van der Waals surface area contributed by atoms with Crippen molar-refractivity contribution in [3.8, 4) is 0 Å². The van der Waals surface area contributed by atoms with Gasteiger partial charge in [-0.15, -0.1) is 0 Å². The molecule has 1 aromatic rings. The van der Waals surface area contributed by atoms with Gasteiger partial charge < -0.3 is 0 Å². The summed E-state index contributed by atoms with van der Waals surface area (Å²) in [5.74, 6) is 1.67. The van der Waals surface area contributed by atoms with E-state index >= 15 is 0 Å². The number of aryl methyl sites for hydroxylation is 2. The number of hydrogen-bond donors (Lipinski definition) is 0. The van der Waals surface area contributed by atoms with Gasteiger partial charge in [0.15, 0.2) is 0 Å². The lowest BCUT2D eigenvalue weighted by Gasteiger charge is -2.27. The molecule has 0 atom stereocenters. The van der Waals surface area contributed by atoms with Crippen LogP contribution in [0, 0.1) is 24.6 Å². The highest BCUT2D eigenvalue weighted by Crippen LogP contribution is 2.32. The van der Waals surface area contributed by atoms with Gasteiger partial charge in [0.1, 0.15) is 5.82 Å². The standard InChI is InChI=1S/C16H22FSi/c1-12-2-3-14(10-16(12)17)7-4-13-5-8-15(11-18)9-6-13/h2-3,10,13,15H,4-9,11H2,1H3. The van der Waals surface area contributed by atoms with Crippen molar-refractivity contribution in [2.75, 3.05) is 0 Å². The quantitative estimate of drug-likeness (QED) is 0.702. The van der Waals surface area contributed by atoms with E-state index in [1.807, 2.05) is 13.0 Å². The first-order valence-corrected chi connectivity index (χ1v) is 7.79. The highest BCUT2D eigenvalue weighted by molar-refractivity contribution is 6.08. The zero-order valence-electron chi connectivity index (χ0n) is 11.2. The predicted molar refractivity (Wildman–Crippen MR) is 75.5 cm³/mol. The summed E-state index contributed by atoms with van der Waals surface area (Å²) in [5, 5.41) is 0. The average molecular weight is 261 g/mol. The number of benzene rings is 1. The maximum absolute atomic E-state index is 13.4. The van der Waals surface area contributed by atoms with Crippen LogP contribution in [0.15, 0.2) is 18.2 Å². The minimum absolute atomic E-state index is 0.0600. The molecule has 1 aliphatic carbocycles. The van der Waals surface area contributed by atoms with Crippen molar-refractivity contribution in [1.82, 2.24) is 0 Å². The lowest BCUT2D eigenvalue weighted by atomic mass is 9.80. The second-order valence-corrected chi connectivity index (χ2v) is 6.12. The Hall–Kier alpha value is -0.633. The molecule has 2 rings (SSSR count). The molecule has 0 unspecified atom stereocenters. The minimum Gasteiger partial charge on any atom is -0.207 e. The van der Waals surface area contributed by atoms with Gasteiger partial charge in [0.05, 0.1) is 0 Å². The molecule has 0 nitrogen and oxygen atoms in total. The molecule has 1 aromatic carbocycles. The van der Waals surface area contributed by atoms with Gasteiger partial charge in [0, 0.05) is 10.2 Å². The minimum atomic E-state index is -0.0600. The van der Waals surface area contributed by atoms with E-state index in [-0.39, 0.29) is 5.82 Å². The van der Waals surface area contributed by atoms with Crippen molar-refractivity contribution in [2.24, 2.45) is 11.8 Å². The van der Waals surface area contributed by atoms with Gasteiger partial charge in [0.2, 0.25) is 0 Å². The normalized spacial score (nSPS) is 24.2. The predicted octanol–water partition coefficient (Wildman–Crippen LogP) is 4.46. The van der Waals surface area contributed by atoms with Crippen LogP contribution in [0.2, 0.25) is 6.04 Å². The van der Waals surface area contributed by atoms with Gasteiger partial charge >= 0.3 is 0 Å². The van der Waals surface area contributed by atoms with Crippen LogP contribution < -0.4 is 0 Å². The first kappa shape index (κ1) is 13.8. The van der Waals surface area contributed by atoms with Gasteiger partial charge in [0.25, 0.3) is 0 Å². The smallest absolute Gasteiger partial charge is 0.126 e. The third-order valence-corrected chi connectivity index (χ3v) is 4.91. The van der Waals surface area contributed by atoms with E-state index in [0.29, 0.717) is 0 Å². The van der Waals surface area contributed by atoms with Crippen molar-refractivity contribution in [2.45, 2.75) is 51.5 Å². The van der Waals surface area contributed by atoms with Crippen molar-refractivity contribution < 1.29 is 4.39 Å². The SMILES string of the molecule is Cc1ccc(CCC2CCC(C[Si])CC2)cc1F. The molecule has 97 valence electrons. The summed E-state index contributed by atoms with van der Waals surface area (Å²) in [6.45, 7) is 1.82.